The van der Waals surface area contributed by atoms with Crippen LogP contribution in [0.1, 0.15) is 10.6 Å². The number of primary amides is 1. The highest BCUT2D eigenvalue weighted by atomic mass is 35.5. The van der Waals surface area contributed by atoms with Crippen molar-refractivity contribution in [1.29, 1.82) is 0 Å². The van der Waals surface area contributed by atoms with E-state index in [-0.39, 0.29) is 18.2 Å². The molecule has 0 atom stereocenters. The van der Waals surface area contributed by atoms with Gasteiger partial charge in [-0.05, 0) is 25.1 Å². The van der Waals surface area contributed by atoms with Gasteiger partial charge in [0.2, 0.25) is 11.8 Å². The standard InChI is InChI=1S/C18H21ClN4O2S2/c1-12-15(10-16(20)24)27-18(21-12)26-11-17(25)23-7-5-22(6-8-23)14-4-2-3-13(19)9-14/h2-4,9H,5-8,10-11H2,1H3,(H2,20,24). The Morgan fingerprint density at radius 3 is 2.70 bits per heavy atom. The molecule has 2 N–H and O–H groups in total. The lowest BCUT2D eigenvalue weighted by molar-refractivity contribution is -0.128. The Morgan fingerprint density at radius 2 is 2.04 bits per heavy atom. The molecule has 0 aliphatic carbocycles. The highest BCUT2D eigenvalue weighted by Crippen LogP contribution is 2.28. The van der Waals surface area contributed by atoms with Crippen molar-refractivity contribution >= 4 is 52.2 Å². The molecular weight excluding hydrogens is 404 g/mol. The summed E-state index contributed by atoms with van der Waals surface area (Å²) in [7, 11) is 0. The summed E-state index contributed by atoms with van der Waals surface area (Å²) in [5.41, 5.74) is 7.14. The largest absolute Gasteiger partial charge is 0.369 e. The zero-order valence-corrected chi connectivity index (χ0v) is 17.4. The van der Waals surface area contributed by atoms with Gasteiger partial charge < -0.3 is 15.5 Å². The van der Waals surface area contributed by atoms with Gasteiger partial charge in [0.15, 0.2) is 4.34 Å². The average molecular weight is 425 g/mol. The molecule has 1 aromatic carbocycles. The summed E-state index contributed by atoms with van der Waals surface area (Å²) in [6.45, 7) is 4.81. The minimum Gasteiger partial charge on any atom is -0.369 e. The summed E-state index contributed by atoms with van der Waals surface area (Å²) >= 11 is 8.91. The van der Waals surface area contributed by atoms with E-state index in [1.807, 2.05) is 36.1 Å². The van der Waals surface area contributed by atoms with Gasteiger partial charge in [-0.3, -0.25) is 9.59 Å². The van der Waals surface area contributed by atoms with Crippen LogP contribution in [0.15, 0.2) is 28.6 Å². The van der Waals surface area contributed by atoms with Crippen LogP contribution in [0.25, 0.3) is 0 Å². The zero-order chi connectivity index (χ0) is 19.4. The van der Waals surface area contributed by atoms with Crippen LogP contribution in [0.4, 0.5) is 5.69 Å². The second-order valence-electron chi connectivity index (χ2n) is 6.27. The van der Waals surface area contributed by atoms with Gasteiger partial charge in [0.1, 0.15) is 0 Å². The highest BCUT2D eigenvalue weighted by Gasteiger charge is 2.22. The fraction of sp³-hybridized carbons (Fsp3) is 0.389. The maximum atomic E-state index is 12.5. The summed E-state index contributed by atoms with van der Waals surface area (Å²) in [6, 6.07) is 7.78. The topological polar surface area (TPSA) is 79.5 Å². The third-order valence-corrected chi connectivity index (χ3v) is 6.85. The molecule has 0 unspecified atom stereocenters. The molecule has 1 saturated heterocycles. The van der Waals surface area contributed by atoms with Crippen molar-refractivity contribution in [3.63, 3.8) is 0 Å². The molecule has 27 heavy (non-hydrogen) atoms. The number of aryl methyl sites for hydroxylation is 1. The van der Waals surface area contributed by atoms with Gasteiger partial charge >= 0.3 is 0 Å². The van der Waals surface area contributed by atoms with Gasteiger partial charge in [-0.1, -0.05) is 29.4 Å². The van der Waals surface area contributed by atoms with E-state index in [1.165, 1.54) is 23.1 Å². The van der Waals surface area contributed by atoms with Gasteiger partial charge in [-0.25, -0.2) is 4.98 Å². The van der Waals surface area contributed by atoms with Crippen molar-refractivity contribution in [2.45, 2.75) is 17.7 Å². The lowest BCUT2D eigenvalue weighted by Crippen LogP contribution is -2.49. The molecule has 6 nitrogen and oxygen atoms in total. The molecule has 1 aliphatic heterocycles. The molecular formula is C18H21ClN4O2S2. The number of rotatable bonds is 6. The van der Waals surface area contributed by atoms with E-state index in [0.29, 0.717) is 18.8 Å². The molecule has 0 spiro atoms. The fourth-order valence-electron chi connectivity index (χ4n) is 2.89. The van der Waals surface area contributed by atoms with E-state index in [4.69, 9.17) is 17.3 Å². The fourth-order valence-corrected chi connectivity index (χ4v) is 5.22. The number of carbonyl (C=O) groups is 2. The first-order chi connectivity index (χ1) is 12.9. The number of aromatic nitrogens is 1. The Labute approximate surface area is 171 Å². The molecule has 1 fully saturated rings. The molecule has 9 heteroatoms. The predicted molar refractivity (Wildman–Crippen MR) is 111 cm³/mol. The number of nitrogens with zero attached hydrogens (tertiary/aromatic N) is 3. The Balaban J connectivity index is 1.49. The normalized spacial score (nSPS) is 14.4. The highest BCUT2D eigenvalue weighted by molar-refractivity contribution is 8.01. The summed E-state index contributed by atoms with van der Waals surface area (Å²) in [5.74, 6) is 0.0853. The van der Waals surface area contributed by atoms with E-state index >= 15 is 0 Å². The SMILES string of the molecule is Cc1nc(SCC(=O)N2CCN(c3cccc(Cl)c3)CC2)sc1CC(N)=O. The van der Waals surface area contributed by atoms with Crippen LogP contribution in [0.3, 0.4) is 0 Å². The summed E-state index contributed by atoms with van der Waals surface area (Å²) in [5, 5.41) is 0.719. The van der Waals surface area contributed by atoms with Crippen molar-refractivity contribution in [2.75, 3.05) is 36.8 Å². The third-order valence-electron chi connectivity index (χ3n) is 4.33. The summed E-state index contributed by atoms with van der Waals surface area (Å²) in [6.07, 6.45) is 0.198. The summed E-state index contributed by atoms with van der Waals surface area (Å²) in [4.78, 5) is 33.0. The maximum absolute atomic E-state index is 12.5. The van der Waals surface area contributed by atoms with Gasteiger partial charge in [0.25, 0.3) is 0 Å². The number of hydrogen-bond donors (Lipinski definition) is 1. The van der Waals surface area contributed by atoms with E-state index in [1.54, 1.807) is 0 Å². The van der Waals surface area contributed by atoms with Crippen molar-refractivity contribution < 1.29 is 9.59 Å². The number of anilines is 1. The number of hydrogen-bond acceptors (Lipinski definition) is 6. The van der Waals surface area contributed by atoms with Crippen LogP contribution in [-0.4, -0.2) is 53.6 Å². The number of nitrogens with two attached hydrogens (primary N) is 1. The van der Waals surface area contributed by atoms with E-state index in [9.17, 15) is 9.59 Å². The molecule has 1 aliphatic rings. The number of piperazine rings is 1. The van der Waals surface area contributed by atoms with E-state index in [2.05, 4.69) is 9.88 Å². The second-order valence-corrected chi connectivity index (χ2v) is 9.01. The number of amides is 2. The number of benzene rings is 1. The van der Waals surface area contributed by atoms with Gasteiger partial charge in [0.05, 0.1) is 17.9 Å². The van der Waals surface area contributed by atoms with Crippen molar-refractivity contribution in [2.24, 2.45) is 5.73 Å². The van der Waals surface area contributed by atoms with E-state index in [0.717, 1.165) is 38.7 Å². The monoisotopic (exact) mass is 424 g/mol. The molecule has 0 saturated carbocycles. The maximum Gasteiger partial charge on any atom is 0.233 e. The molecule has 144 valence electrons. The van der Waals surface area contributed by atoms with Crippen LogP contribution < -0.4 is 10.6 Å². The average Bonchev–Trinajstić information content (AvgIpc) is 2.99. The Morgan fingerprint density at radius 1 is 1.30 bits per heavy atom. The first-order valence-corrected chi connectivity index (χ1v) is 10.8. The number of halogens is 1. The first kappa shape index (κ1) is 20.0. The summed E-state index contributed by atoms with van der Waals surface area (Å²) < 4.78 is 0.801. The minimum absolute atomic E-state index is 0.107. The minimum atomic E-state index is -0.369. The Hall–Kier alpha value is -1.77. The lowest BCUT2D eigenvalue weighted by Gasteiger charge is -2.36. The third kappa shape index (κ3) is 5.37. The smallest absolute Gasteiger partial charge is 0.233 e. The van der Waals surface area contributed by atoms with Crippen molar-refractivity contribution in [3.05, 3.63) is 39.9 Å². The van der Waals surface area contributed by atoms with Crippen molar-refractivity contribution in [1.82, 2.24) is 9.88 Å². The van der Waals surface area contributed by atoms with Gasteiger partial charge in [0, 0.05) is 41.8 Å². The van der Waals surface area contributed by atoms with Crippen LogP contribution in [-0.2, 0) is 16.0 Å². The second kappa shape index (κ2) is 8.95. The molecule has 0 bridgehead atoms. The van der Waals surface area contributed by atoms with Crippen molar-refractivity contribution in [3.8, 4) is 0 Å². The van der Waals surface area contributed by atoms with Crippen LogP contribution >= 0.6 is 34.7 Å². The number of thioether (sulfide) groups is 1. The van der Waals surface area contributed by atoms with Crippen LogP contribution in [0, 0.1) is 6.92 Å². The van der Waals surface area contributed by atoms with Gasteiger partial charge in [-0.15, -0.1) is 11.3 Å². The molecule has 0 radical (unpaired) electrons. The Kier molecular flexibility index (Phi) is 6.62. The van der Waals surface area contributed by atoms with Crippen LogP contribution in [0.2, 0.25) is 5.02 Å². The zero-order valence-electron chi connectivity index (χ0n) is 15.0. The number of thiazole rings is 1. The van der Waals surface area contributed by atoms with Crippen LogP contribution in [0.5, 0.6) is 0 Å². The molecule has 2 amide bonds. The Bertz CT molecular complexity index is 835. The van der Waals surface area contributed by atoms with E-state index < -0.39 is 0 Å². The molecule has 3 rings (SSSR count). The first-order valence-electron chi connectivity index (χ1n) is 8.58. The van der Waals surface area contributed by atoms with Gasteiger partial charge in [-0.2, -0.15) is 0 Å². The molecule has 2 heterocycles. The number of carbonyl (C=O) groups excluding carboxylic acids is 2. The predicted octanol–water partition coefficient (Wildman–Crippen LogP) is 2.57. The molecule has 1 aromatic heterocycles. The lowest BCUT2D eigenvalue weighted by atomic mass is 10.2. The quantitative estimate of drug-likeness (QED) is 0.721. The molecule has 2 aromatic rings.